The topological polar surface area (TPSA) is 80.0 Å². The van der Waals surface area contributed by atoms with Crippen LogP contribution >= 0.6 is 0 Å². The number of quaternary nitrogens is 1. The minimum absolute atomic E-state index is 0.0263. The van der Waals surface area contributed by atoms with Crippen LogP contribution in [0, 0.1) is 0 Å². The van der Waals surface area contributed by atoms with Crippen LogP contribution in [0.4, 0.5) is 0 Å². The molecular weight excluding hydrogens is 402 g/mol. The number of hydrogen-bond acceptors (Lipinski definition) is 4. The molecule has 0 atom stereocenters. The summed E-state index contributed by atoms with van der Waals surface area (Å²) in [5.74, 6) is 0.158. The average Bonchev–Trinajstić information content (AvgIpc) is 3.12. The molecule has 2 N–H and O–H groups in total. The van der Waals surface area contributed by atoms with E-state index in [2.05, 4.69) is 49.8 Å². The van der Waals surface area contributed by atoms with Crippen molar-refractivity contribution in [2.75, 3.05) is 34.2 Å². The van der Waals surface area contributed by atoms with E-state index < -0.39 is 0 Å². The molecule has 0 radical (unpaired) electrons. The van der Waals surface area contributed by atoms with Crippen LogP contribution in [-0.2, 0) is 16.6 Å². The Morgan fingerprint density at radius 3 is 2.25 bits per heavy atom. The van der Waals surface area contributed by atoms with E-state index >= 15 is 0 Å². The Hall–Kier alpha value is -2.93. The molecule has 1 aromatic carbocycles. The number of nitrogens with zero attached hydrogens (tertiary/aromatic N) is 4. The Kier molecular flexibility index (Phi) is 8.02. The van der Waals surface area contributed by atoms with Crippen LogP contribution in [0.3, 0.4) is 0 Å². The molecular formula is C25H38N5O2+. The van der Waals surface area contributed by atoms with E-state index in [-0.39, 0.29) is 17.1 Å². The van der Waals surface area contributed by atoms with Crippen LogP contribution in [0.15, 0.2) is 25.3 Å². The molecule has 7 nitrogen and oxygen atoms in total. The fourth-order valence-electron chi connectivity index (χ4n) is 3.40. The third-order valence-corrected chi connectivity index (χ3v) is 5.20. The van der Waals surface area contributed by atoms with Gasteiger partial charge < -0.3 is 14.9 Å². The van der Waals surface area contributed by atoms with Gasteiger partial charge in [0, 0.05) is 24.9 Å². The van der Waals surface area contributed by atoms with Crippen molar-refractivity contribution >= 4 is 18.1 Å². The number of benzene rings is 1. The maximum atomic E-state index is 12.4. The second-order valence-electron chi connectivity index (χ2n) is 10.1. The normalized spacial score (nSPS) is 11.9. The highest BCUT2D eigenvalue weighted by molar-refractivity contribution is 5.76. The Balaban J connectivity index is 2.24. The van der Waals surface area contributed by atoms with E-state index in [4.69, 9.17) is 0 Å². The number of amides is 1. The first-order valence-electron chi connectivity index (χ1n) is 11.0. The van der Waals surface area contributed by atoms with Crippen molar-refractivity contribution in [1.82, 2.24) is 20.3 Å². The van der Waals surface area contributed by atoms with Gasteiger partial charge in [-0.15, -0.1) is 15.0 Å². The zero-order valence-electron chi connectivity index (χ0n) is 20.4. The standard InChI is InChI=1S/C25H37N5O2/c1-9-20-21(10-2)28-29(27-20)22-17-18(16-19(24(22)32)25(3,4)5)12-13-23(31)26-14-11-15-30(6,7)8/h9-10,16-17H,1-2,11-15H2,3-8H3,(H-,26,31,32)/p+1. The average molecular weight is 441 g/mol. The summed E-state index contributed by atoms with van der Waals surface area (Å²) >= 11 is 0. The molecule has 0 saturated carbocycles. The first-order valence-corrected chi connectivity index (χ1v) is 11.0. The Morgan fingerprint density at radius 2 is 1.75 bits per heavy atom. The van der Waals surface area contributed by atoms with E-state index in [0.717, 1.165) is 28.6 Å². The van der Waals surface area contributed by atoms with Gasteiger partial charge in [0.2, 0.25) is 5.91 Å². The van der Waals surface area contributed by atoms with Crippen LogP contribution < -0.4 is 5.32 Å². The van der Waals surface area contributed by atoms with Crippen molar-refractivity contribution in [3.05, 3.63) is 47.8 Å². The van der Waals surface area contributed by atoms with Crippen molar-refractivity contribution in [2.24, 2.45) is 0 Å². The van der Waals surface area contributed by atoms with Crippen LogP contribution in [0.25, 0.3) is 17.8 Å². The predicted octanol–water partition coefficient (Wildman–Crippen LogP) is 3.70. The van der Waals surface area contributed by atoms with Gasteiger partial charge in [-0.3, -0.25) is 4.79 Å². The minimum Gasteiger partial charge on any atom is -0.505 e. The number of rotatable bonds is 10. The first-order chi connectivity index (χ1) is 14.9. The fraction of sp³-hybridized carbons (Fsp3) is 0.480. The molecule has 0 saturated heterocycles. The largest absolute Gasteiger partial charge is 0.505 e. The molecule has 0 aliphatic rings. The van der Waals surface area contributed by atoms with Crippen molar-refractivity contribution in [3.8, 4) is 11.4 Å². The Morgan fingerprint density at radius 1 is 1.16 bits per heavy atom. The molecule has 2 aromatic rings. The quantitative estimate of drug-likeness (QED) is 0.436. The van der Waals surface area contributed by atoms with Gasteiger partial charge in [-0.2, -0.15) is 0 Å². The Bertz CT molecular complexity index is 952. The smallest absolute Gasteiger partial charge is 0.220 e. The molecule has 0 spiro atoms. The van der Waals surface area contributed by atoms with E-state index in [1.807, 2.05) is 32.9 Å². The molecule has 0 aliphatic heterocycles. The summed E-state index contributed by atoms with van der Waals surface area (Å²) in [6.07, 6.45) is 5.08. The summed E-state index contributed by atoms with van der Waals surface area (Å²) < 4.78 is 0.879. The lowest BCUT2D eigenvalue weighted by Gasteiger charge is -2.23. The van der Waals surface area contributed by atoms with Gasteiger partial charge in [0.1, 0.15) is 22.8 Å². The van der Waals surface area contributed by atoms with Gasteiger partial charge in [-0.25, -0.2) is 0 Å². The van der Waals surface area contributed by atoms with Crippen LogP contribution in [0.5, 0.6) is 5.75 Å². The van der Waals surface area contributed by atoms with Crippen molar-refractivity contribution in [1.29, 1.82) is 0 Å². The van der Waals surface area contributed by atoms with E-state index in [1.165, 1.54) is 4.80 Å². The van der Waals surface area contributed by atoms with Gasteiger partial charge >= 0.3 is 0 Å². The summed E-state index contributed by atoms with van der Waals surface area (Å²) in [6.45, 7) is 15.3. The van der Waals surface area contributed by atoms with Crippen LogP contribution in [0.1, 0.15) is 56.1 Å². The molecule has 0 fully saturated rings. The number of carbonyl (C=O) groups is 1. The van der Waals surface area contributed by atoms with E-state index in [0.29, 0.717) is 36.5 Å². The fourth-order valence-corrected chi connectivity index (χ4v) is 3.40. The molecule has 0 aliphatic carbocycles. The molecule has 2 rings (SSSR count). The molecule has 1 heterocycles. The number of hydrogen-bond donors (Lipinski definition) is 2. The van der Waals surface area contributed by atoms with E-state index in [1.54, 1.807) is 12.2 Å². The molecule has 174 valence electrons. The highest BCUT2D eigenvalue weighted by Crippen LogP contribution is 2.36. The van der Waals surface area contributed by atoms with Crippen LogP contribution in [-0.4, -0.2) is 64.7 Å². The van der Waals surface area contributed by atoms with Crippen molar-refractivity contribution in [3.63, 3.8) is 0 Å². The Labute approximate surface area is 192 Å². The summed E-state index contributed by atoms with van der Waals surface area (Å²) in [5, 5.41) is 22.9. The summed E-state index contributed by atoms with van der Waals surface area (Å²) in [6, 6.07) is 3.81. The summed E-state index contributed by atoms with van der Waals surface area (Å²) in [5.41, 5.74) is 3.10. The number of aromatic hydroxyl groups is 1. The zero-order valence-corrected chi connectivity index (χ0v) is 20.4. The van der Waals surface area contributed by atoms with E-state index in [9.17, 15) is 9.90 Å². The highest BCUT2D eigenvalue weighted by Gasteiger charge is 2.23. The summed E-state index contributed by atoms with van der Waals surface area (Å²) in [4.78, 5) is 13.8. The molecule has 0 unspecified atom stereocenters. The molecule has 0 bridgehead atoms. The van der Waals surface area contributed by atoms with Gasteiger partial charge in [0.05, 0.1) is 27.7 Å². The van der Waals surface area contributed by atoms with Gasteiger partial charge in [-0.1, -0.05) is 40.0 Å². The number of aromatic nitrogens is 3. The second-order valence-corrected chi connectivity index (χ2v) is 10.1. The third-order valence-electron chi connectivity index (χ3n) is 5.20. The number of nitrogens with one attached hydrogen (secondary N) is 1. The number of phenolic OH excluding ortho intramolecular Hbond substituents is 1. The zero-order chi connectivity index (χ0) is 24.1. The lowest BCUT2D eigenvalue weighted by Crippen LogP contribution is -2.37. The lowest BCUT2D eigenvalue weighted by molar-refractivity contribution is -0.870. The number of carbonyl (C=O) groups excluding carboxylic acids is 1. The van der Waals surface area contributed by atoms with Crippen molar-refractivity contribution in [2.45, 2.75) is 45.4 Å². The van der Waals surface area contributed by atoms with Crippen molar-refractivity contribution < 1.29 is 14.4 Å². The number of phenols is 1. The van der Waals surface area contributed by atoms with Gasteiger partial charge in [0.25, 0.3) is 0 Å². The lowest BCUT2D eigenvalue weighted by atomic mass is 9.84. The first kappa shape index (κ1) is 25.3. The predicted molar refractivity (Wildman–Crippen MR) is 131 cm³/mol. The minimum atomic E-state index is -0.294. The van der Waals surface area contributed by atoms with Gasteiger partial charge in [-0.05, 0) is 35.6 Å². The number of aryl methyl sites for hydroxylation is 1. The van der Waals surface area contributed by atoms with Gasteiger partial charge in [0.15, 0.2) is 0 Å². The summed E-state index contributed by atoms with van der Waals surface area (Å²) in [7, 11) is 6.42. The maximum absolute atomic E-state index is 12.4. The molecule has 1 amide bonds. The molecule has 7 heteroatoms. The highest BCUT2D eigenvalue weighted by atomic mass is 16.3. The van der Waals surface area contributed by atoms with Crippen LogP contribution in [0.2, 0.25) is 0 Å². The maximum Gasteiger partial charge on any atom is 0.220 e. The molecule has 32 heavy (non-hydrogen) atoms. The molecule has 1 aromatic heterocycles. The third kappa shape index (κ3) is 6.79. The SMILES string of the molecule is C=Cc1nn(-c2cc(CCC(=O)NCCC[N+](C)(C)C)cc(C(C)(C)C)c2O)nc1C=C. The second kappa shape index (κ2) is 10.1. The monoisotopic (exact) mass is 440 g/mol.